The summed E-state index contributed by atoms with van der Waals surface area (Å²) in [6, 6.07) is 15.1. The van der Waals surface area contributed by atoms with E-state index in [1.807, 2.05) is 50.2 Å². The summed E-state index contributed by atoms with van der Waals surface area (Å²) >= 11 is 0. The molecule has 0 bridgehead atoms. The first-order chi connectivity index (χ1) is 13.7. The fraction of sp³-hybridized carbons (Fsp3) is 0.308. The van der Waals surface area contributed by atoms with Crippen molar-refractivity contribution in [2.75, 3.05) is 0 Å². The van der Waals surface area contributed by atoms with Gasteiger partial charge in [-0.15, -0.1) is 0 Å². The largest absolute Gasteiger partial charge is 0.508 e. The number of phenolic OH excluding ortho intramolecular Hbond substituents is 3. The predicted octanol–water partition coefficient (Wildman–Crippen LogP) is 5.80. The summed E-state index contributed by atoms with van der Waals surface area (Å²) < 4.78 is 0. The molecule has 3 aromatic carbocycles. The Morgan fingerprint density at radius 2 is 1.10 bits per heavy atom. The summed E-state index contributed by atoms with van der Waals surface area (Å²) in [5, 5.41) is 31.5. The van der Waals surface area contributed by atoms with Crippen molar-refractivity contribution in [3.8, 4) is 17.2 Å². The number of hydrogen-bond acceptors (Lipinski definition) is 3. The fourth-order valence-corrected chi connectivity index (χ4v) is 3.81. The van der Waals surface area contributed by atoms with E-state index in [0.29, 0.717) is 18.8 Å². The van der Waals surface area contributed by atoms with Crippen molar-refractivity contribution >= 4 is 0 Å². The van der Waals surface area contributed by atoms with Gasteiger partial charge in [-0.2, -0.15) is 0 Å². The molecule has 3 N–H and O–H groups in total. The third kappa shape index (κ3) is 5.11. The zero-order valence-electron chi connectivity index (χ0n) is 17.7. The van der Waals surface area contributed by atoms with E-state index < -0.39 is 0 Å². The summed E-state index contributed by atoms with van der Waals surface area (Å²) in [5.41, 5.74) is 6.48. The van der Waals surface area contributed by atoms with Gasteiger partial charge in [-0.05, 0) is 66.1 Å². The Kier molecular flexibility index (Phi) is 6.17. The van der Waals surface area contributed by atoms with E-state index in [1.165, 1.54) is 0 Å². The van der Waals surface area contributed by atoms with Crippen molar-refractivity contribution in [1.29, 1.82) is 0 Å². The zero-order valence-corrected chi connectivity index (χ0v) is 17.7. The van der Waals surface area contributed by atoms with E-state index in [9.17, 15) is 15.3 Å². The molecular formula is C26H30O3. The minimum absolute atomic E-state index is 0.235. The maximum Gasteiger partial charge on any atom is 0.122 e. The highest BCUT2D eigenvalue weighted by molar-refractivity contribution is 5.51. The lowest BCUT2D eigenvalue weighted by molar-refractivity contribution is 0.456. The SMILES string of the molecule is Cc1ccc(O)c(Cc2cc(CC(C)C)cc(Cc3cc(C)ccc3O)c2O)c1. The third-order valence-corrected chi connectivity index (χ3v) is 5.20. The van der Waals surface area contributed by atoms with Crippen LogP contribution in [-0.2, 0) is 19.3 Å². The topological polar surface area (TPSA) is 60.7 Å². The molecule has 0 aliphatic heterocycles. The molecule has 0 aliphatic carbocycles. The monoisotopic (exact) mass is 390 g/mol. The molecule has 0 radical (unpaired) electrons. The second kappa shape index (κ2) is 8.60. The molecule has 0 saturated carbocycles. The quantitative estimate of drug-likeness (QED) is 0.498. The van der Waals surface area contributed by atoms with E-state index >= 15 is 0 Å². The van der Waals surface area contributed by atoms with Gasteiger partial charge in [0.1, 0.15) is 17.2 Å². The highest BCUT2D eigenvalue weighted by Crippen LogP contribution is 2.33. The van der Waals surface area contributed by atoms with E-state index in [1.54, 1.807) is 12.1 Å². The number of hydrogen-bond donors (Lipinski definition) is 3. The lowest BCUT2D eigenvalue weighted by Crippen LogP contribution is -2.01. The van der Waals surface area contributed by atoms with Crippen LogP contribution in [-0.4, -0.2) is 15.3 Å². The van der Waals surface area contributed by atoms with Crippen LogP contribution in [0.4, 0.5) is 0 Å². The Bertz CT molecular complexity index is 944. The molecule has 3 rings (SSSR count). The van der Waals surface area contributed by atoms with Gasteiger partial charge < -0.3 is 15.3 Å². The molecule has 0 fully saturated rings. The summed E-state index contributed by atoms with van der Waals surface area (Å²) in [7, 11) is 0. The van der Waals surface area contributed by atoms with E-state index in [4.69, 9.17) is 0 Å². The van der Waals surface area contributed by atoms with Gasteiger partial charge in [0, 0.05) is 12.8 Å². The molecule has 3 aromatic rings. The fourth-order valence-electron chi connectivity index (χ4n) is 3.81. The second-order valence-corrected chi connectivity index (χ2v) is 8.48. The highest BCUT2D eigenvalue weighted by Gasteiger charge is 2.15. The highest BCUT2D eigenvalue weighted by atomic mass is 16.3. The van der Waals surface area contributed by atoms with E-state index in [0.717, 1.165) is 45.4 Å². The first-order valence-electron chi connectivity index (χ1n) is 10.1. The minimum Gasteiger partial charge on any atom is -0.508 e. The van der Waals surface area contributed by atoms with Crippen molar-refractivity contribution in [2.24, 2.45) is 5.92 Å². The van der Waals surface area contributed by atoms with E-state index in [2.05, 4.69) is 13.8 Å². The summed E-state index contributed by atoms with van der Waals surface area (Å²) in [5.74, 6) is 1.20. The maximum atomic E-state index is 11.0. The third-order valence-electron chi connectivity index (χ3n) is 5.20. The lowest BCUT2D eigenvalue weighted by atomic mass is 9.91. The second-order valence-electron chi connectivity index (χ2n) is 8.48. The summed E-state index contributed by atoms with van der Waals surface area (Å²) in [4.78, 5) is 0. The molecule has 0 aromatic heterocycles. The van der Waals surface area contributed by atoms with Crippen LogP contribution in [0.1, 0.15) is 52.8 Å². The standard InChI is InChI=1S/C26H30O3/c1-16(2)9-19-12-22(14-20-10-17(3)5-7-24(20)27)26(29)23(13-19)15-21-11-18(4)6-8-25(21)28/h5-8,10-13,16,27-29H,9,14-15H2,1-4H3. The Morgan fingerprint density at radius 3 is 1.52 bits per heavy atom. The predicted molar refractivity (Wildman–Crippen MR) is 118 cm³/mol. The molecule has 152 valence electrons. The number of rotatable bonds is 6. The molecule has 0 aliphatic rings. The first-order valence-corrected chi connectivity index (χ1v) is 10.1. The zero-order chi connectivity index (χ0) is 21.1. The smallest absolute Gasteiger partial charge is 0.122 e. The van der Waals surface area contributed by atoms with E-state index in [-0.39, 0.29) is 17.2 Å². The molecule has 0 atom stereocenters. The van der Waals surface area contributed by atoms with Crippen molar-refractivity contribution in [3.05, 3.63) is 87.5 Å². The van der Waals surface area contributed by atoms with Gasteiger partial charge in [0.05, 0.1) is 0 Å². The first kappa shape index (κ1) is 20.8. The Labute approximate surface area is 173 Å². The van der Waals surface area contributed by atoms with Crippen molar-refractivity contribution < 1.29 is 15.3 Å². The van der Waals surface area contributed by atoms with Crippen LogP contribution in [0.5, 0.6) is 17.2 Å². The van der Waals surface area contributed by atoms with Crippen LogP contribution >= 0.6 is 0 Å². The van der Waals surface area contributed by atoms with Gasteiger partial charge in [0.15, 0.2) is 0 Å². The number of aromatic hydroxyl groups is 3. The molecule has 0 spiro atoms. The van der Waals surface area contributed by atoms with Gasteiger partial charge in [0.2, 0.25) is 0 Å². The minimum atomic E-state index is 0.235. The van der Waals surface area contributed by atoms with Gasteiger partial charge in [-0.25, -0.2) is 0 Å². The van der Waals surface area contributed by atoms with Crippen LogP contribution in [0.25, 0.3) is 0 Å². The Hall–Kier alpha value is -2.94. The van der Waals surface area contributed by atoms with Crippen LogP contribution < -0.4 is 0 Å². The van der Waals surface area contributed by atoms with Gasteiger partial charge in [-0.1, -0.05) is 61.4 Å². The van der Waals surface area contributed by atoms with Crippen molar-refractivity contribution in [1.82, 2.24) is 0 Å². The molecule has 0 unspecified atom stereocenters. The molecule has 0 saturated heterocycles. The Balaban J connectivity index is 2.04. The summed E-state index contributed by atoms with van der Waals surface area (Å²) in [6.07, 6.45) is 1.82. The van der Waals surface area contributed by atoms with Gasteiger partial charge >= 0.3 is 0 Å². The molecule has 29 heavy (non-hydrogen) atoms. The molecule has 3 nitrogen and oxygen atoms in total. The van der Waals surface area contributed by atoms with Crippen molar-refractivity contribution in [2.45, 2.75) is 47.0 Å². The Morgan fingerprint density at radius 1 is 0.655 bits per heavy atom. The molecule has 3 heteroatoms. The average molecular weight is 391 g/mol. The summed E-state index contributed by atoms with van der Waals surface area (Å²) in [6.45, 7) is 8.32. The lowest BCUT2D eigenvalue weighted by Gasteiger charge is -2.16. The molecule has 0 heterocycles. The van der Waals surface area contributed by atoms with Gasteiger partial charge in [0.25, 0.3) is 0 Å². The van der Waals surface area contributed by atoms with Crippen LogP contribution in [0.2, 0.25) is 0 Å². The van der Waals surface area contributed by atoms with Crippen LogP contribution in [0, 0.1) is 19.8 Å². The van der Waals surface area contributed by atoms with Crippen LogP contribution in [0.3, 0.4) is 0 Å². The maximum absolute atomic E-state index is 11.0. The normalized spacial score (nSPS) is 11.2. The van der Waals surface area contributed by atoms with Gasteiger partial charge in [-0.3, -0.25) is 0 Å². The molecular weight excluding hydrogens is 360 g/mol. The number of benzene rings is 3. The van der Waals surface area contributed by atoms with Crippen LogP contribution in [0.15, 0.2) is 48.5 Å². The number of aryl methyl sites for hydroxylation is 2. The number of phenols is 3. The molecule has 0 amide bonds. The average Bonchev–Trinajstić information content (AvgIpc) is 2.64. The van der Waals surface area contributed by atoms with Crippen molar-refractivity contribution in [3.63, 3.8) is 0 Å².